The molecule has 24 heavy (non-hydrogen) atoms. The number of rotatable bonds is 5. The van der Waals surface area contributed by atoms with Crippen molar-refractivity contribution in [1.82, 2.24) is 9.97 Å². The van der Waals surface area contributed by atoms with Gasteiger partial charge in [-0.15, -0.1) is 0 Å². The van der Waals surface area contributed by atoms with Crippen LogP contribution >= 0.6 is 11.8 Å². The van der Waals surface area contributed by atoms with Gasteiger partial charge in [0, 0.05) is 5.56 Å². The van der Waals surface area contributed by atoms with Crippen molar-refractivity contribution < 1.29 is 18.4 Å². The Morgan fingerprint density at radius 1 is 1.29 bits per heavy atom. The molecule has 2 rings (SSSR count). The summed E-state index contributed by atoms with van der Waals surface area (Å²) in [6.07, 6.45) is 0. The van der Waals surface area contributed by atoms with Crippen LogP contribution in [0, 0.1) is 11.6 Å². The number of H-pyrrole nitrogens is 1. The Bertz CT molecular complexity index is 871. The van der Waals surface area contributed by atoms with Crippen LogP contribution in [0.15, 0.2) is 28.2 Å². The van der Waals surface area contributed by atoms with E-state index in [1.807, 2.05) is 0 Å². The van der Waals surface area contributed by atoms with Gasteiger partial charge < -0.3 is 16.8 Å². The quantitative estimate of drug-likeness (QED) is 0.453. The van der Waals surface area contributed by atoms with Gasteiger partial charge in [-0.2, -0.15) is 0 Å². The number of hydrogen-bond donors (Lipinski definition) is 4. The number of aromatic amines is 1. The lowest BCUT2D eigenvalue weighted by atomic mass is 10.2. The number of benzene rings is 1. The lowest BCUT2D eigenvalue weighted by molar-refractivity contribution is -0.115. The Morgan fingerprint density at radius 2 is 2.00 bits per heavy atom. The van der Waals surface area contributed by atoms with Crippen LogP contribution in [-0.2, 0) is 4.79 Å². The third-order valence-electron chi connectivity index (χ3n) is 2.70. The zero-order valence-corrected chi connectivity index (χ0v) is 12.7. The molecular weight excluding hydrogens is 344 g/mol. The van der Waals surface area contributed by atoms with Gasteiger partial charge >= 0.3 is 0 Å². The van der Waals surface area contributed by atoms with Crippen LogP contribution < -0.4 is 22.3 Å². The first-order chi connectivity index (χ1) is 11.3. The maximum Gasteiger partial charge on any atom is 0.277 e. The van der Waals surface area contributed by atoms with Crippen molar-refractivity contribution in [3.8, 4) is 0 Å². The van der Waals surface area contributed by atoms with Crippen molar-refractivity contribution in [3.63, 3.8) is 0 Å². The zero-order chi connectivity index (χ0) is 17.9. The number of nitrogens with one attached hydrogen (secondary N) is 2. The Morgan fingerprint density at radius 3 is 2.58 bits per heavy atom. The molecular formula is C13H11F2N5O3S. The fraction of sp³-hybridized carbons (Fsp3) is 0.0769. The monoisotopic (exact) mass is 355 g/mol. The second-order valence-corrected chi connectivity index (χ2v) is 5.43. The smallest absolute Gasteiger partial charge is 0.277 e. The minimum absolute atomic E-state index is 0.0436. The SMILES string of the molecule is NC(=O)CSc1nc(N)c(NC(=O)c2ccc(F)c(F)c2)c(=O)[nH]1. The molecule has 0 radical (unpaired) electrons. The fourth-order valence-electron chi connectivity index (χ4n) is 1.62. The molecule has 11 heteroatoms. The third kappa shape index (κ3) is 4.07. The van der Waals surface area contributed by atoms with E-state index in [0.29, 0.717) is 6.07 Å². The summed E-state index contributed by atoms with van der Waals surface area (Å²) in [4.78, 5) is 40.7. The number of halogens is 2. The van der Waals surface area contributed by atoms with E-state index in [2.05, 4.69) is 15.3 Å². The van der Waals surface area contributed by atoms with Crippen molar-refractivity contribution in [2.75, 3.05) is 16.8 Å². The molecule has 6 N–H and O–H groups in total. The van der Waals surface area contributed by atoms with Gasteiger partial charge in [0.25, 0.3) is 11.5 Å². The topological polar surface area (TPSA) is 144 Å². The van der Waals surface area contributed by atoms with E-state index in [9.17, 15) is 23.2 Å². The maximum absolute atomic E-state index is 13.1. The molecule has 1 aromatic carbocycles. The molecule has 0 saturated carbocycles. The summed E-state index contributed by atoms with van der Waals surface area (Å²) in [5.41, 5.74) is 9.24. The summed E-state index contributed by atoms with van der Waals surface area (Å²) in [5, 5.41) is 2.22. The van der Waals surface area contributed by atoms with Crippen LogP contribution in [0.25, 0.3) is 0 Å². The maximum atomic E-state index is 13.1. The molecule has 8 nitrogen and oxygen atoms in total. The van der Waals surface area contributed by atoms with E-state index in [4.69, 9.17) is 11.5 Å². The number of nitrogens with zero attached hydrogens (tertiary/aromatic N) is 1. The van der Waals surface area contributed by atoms with Gasteiger partial charge in [-0.3, -0.25) is 19.4 Å². The summed E-state index contributed by atoms with van der Waals surface area (Å²) in [6.45, 7) is 0. The van der Waals surface area contributed by atoms with Gasteiger partial charge in [-0.1, -0.05) is 11.8 Å². The van der Waals surface area contributed by atoms with Crippen molar-refractivity contribution in [1.29, 1.82) is 0 Å². The molecule has 0 aliphatic heterocycles. The molecule has 1 heterocycles. The molecule has 0 aliphatic rings. The molecule has 0 spiro atoms. The highest BCUT2D eigenvalue weighted by Crippen LogP contribution is 2.17. The average Bonchev–Trinajstić information content (AvgIpc) is 2.51. The molecule has 126 valence electrons. The first-order valence-corrected chi connectivity index (χ1v) is 7.33. The number of aromatic nitrogens is 2. The number of amides is 2. The number of anilines is 2. The Labute approximate surface area is 137 Å². The summed E-state index contributed by atoms with van der Waals surface area (Å²) in [7, 11) is 0. The van der Waals surface area contributed by atoms with Gasteiger partial charge in [0.1, 0.15) is 5.69 Å². The van der Waals surface area contributed by atoms with Crippen LogP contribution in [0.5, 0.6) is 0 Å². The first-order valence-electron chi connectivity index (χ1n) is 6.35. The van der Waals surface area contributed by atoms with Crippen LogP contribution in [0.3, 0.4) is 0 Å². The van der Waals surface area contributed by atoms with Crippen LogP contribution in [0.2, 0.25) is 0 Å². The molecule has 2 aromatic rings. The van der Waals surface area contributed by atoms with Gasteiger partial charge in [-0.25, -0.2) is 13.8 Å². The standard InChI is InChI=1S/C13H11F2N5O3S/c14-6-2-1-5(3-7(6)15)11(22)18-9-10(17)19-13(20-12(9)23)24-4-8(16)21/h1-3H,4H2,(H2,16,21)(H,18,22)(H3,17,19,20,23). The highest BCUT2D eigenvalue weighted by atomic mass is 32.2. The van der Waals surface area contributed by atoms with Gasteiger partial charge in [0.05, 0.1) is 5.75 Å². The predicted octanol–water partition coefficient (Wildman–Crippen LogP) is 0.460. The Hall–Kier alpha value is -2.95. The molecule has 0 aliphatic carbocycles. The van der Waals surface area contributed by atoms with E-state index < -0.39 is 29.0 Å². The number of thioether (sulfide) groups is 1. The van der Waals surface area contributed by atoms with E-state index >= 15 is 0 Å². The number of carbonyl (C=O) groups is 2. The molecule has 0 fully saturated rings. The third-order valence-corrected chi connectivity index (χ3v) is 3.59. The number of hydrogen-bond acceptors (Lipinski definition) is 6. The normalized spacial score (nSPS) is 10.4. The van der Waals surface area contributed by atoms with E-state index in [0.717, 1.165) is 23.9 Å². The Balaban J connectivity index is 2.23. The summed E-state index contributed by atoms with van der Waals surface area (Å²) in [6, 6.07) is 2.50. The lowest BCUT2D eigenvalue weighted by Gasteiger charge is -2.08. The fourth-order valence-corrected chi connectivity index (χ4v) is 2.23. The molecule has 0 unspecified atom stereocenters. The summed E-state index contributed by atoms with van der Waals surface area (Å²) < 4.78 is 26.0. The van der Waals surface area contributed by atoms with E-state index in [1.54, 1.807) is 0 Å². The highest BCUT2D eigenvalue weighted by Gasteiger charge is 2.15. The van der Waals surface area contributed by atoms with Crippen molar-refractivity contribution in [2.45, 2.75) is 5.16 Å². The zero-order valence-electron chi connectivity index (χ0n) is 11.9. The number of nitrogen functional groups attached to an aromatic ring is 1. The predicted molar refractivity (Wildman–Crippen MR) is 83.5 cm³/mol. The van der Waals surface area contributed by atoms with Gasteiger partial charge in [0.15, 0.2) is 22.6 Å². The average molecular weight is 355 g/mol. The van der Waals surface area contributed by atoms with Crippen LogP contribution in [0.1, 0.15) is 10.4 Å². The van der Waals surface area contributed by atoms with Crippen molar-refractivity contribution in [3.05, 3.63) is 45.8 Å². The number of primary amides is 1. The summed E-state index contributed by atoms with van der Waals surface area (Å²) >= 11 is 0.859. The molecule has 0 saturated heterocycles. The second kappa shape index (κ2) is 7.08. The van der Waals surface area contributed by atoms with Gasteiger partial charge in [0.2, 0.25) is 5.91 Å². The van der Waals surface area contributed by atoms with Crippen molar-refractivity contribution >= 4 is 35.1 Å². The minimum Gasteiger partial charge on any atom is -0.382 e. The Kier molecular flexibility index (Phi) is 5.14. The van der Waals surface area contributed by atoms with E-state index in [1.165, 1.54) is 0 Å². The van der Waals surface area contributed by atoms with Crippen molar-refractivity contribution in [2.24, 2.45) is 5.73 Å². The summed E-state index contributed by atoms with van der Waals surface area (Å²) in [5.74, 6) is -4.23. The second-order valence-electron chi connectivity index (χ2n) is 4.47. The minimum atomic E-state index is -1.21. The highest BCUT2D eigenvalue weighted by molar-refractivity contribution is 7.99. The largest absolute Gasteiger partial charge is 0.382 e. The van der Waals surface area contributed by atoms with E-state index in [-0.39, 0.29) is 28.0 Å². The molecule has 2 amide bonds. The lowest BCUT2D eigenvalue weighted by Crippen LogP contribution is -2.23. The van der Waals surface area contributed by atoms with Crippen LogP contribution in [-0.4, -0.2) is 27.5 Å². The van der Waals surface area contributed by atoms with Gasteiger partial charge in [-0.05, 0) is 18.2 Å². The molecule has 0 bridgehead atoms. The number of nitrogens with two attached hydrogens (primary N) is 2. The molecule has 1 aromatic heterocycles. The number of carbonyl (C=O) groups excluding carboxylic acids is 2. The molecule has 0 atom stereocenters. The van der Waals surface area contributed by atoms with Crippen LogP contribution in [0.4, 0.5) is 20.3 Å². The first kappa shape index (κ1) is 17.4.